The lowest BCUT2D eigenvalue weighted by Crippen LogP contribution is -2.23. The van der Waals surface area contributed by atoms with E-state index in [2.05, 4.69) is 6.92 Å². The van der Waals surface area contributed by atoms with Crippen LogP contribution in [0.1, 0.15) is 32.6 Å². The van der Waals surface area contributed by atoms with Crippen LogP contribution in [0.25, 0.3) is 0 Å². The summed E-state index contributed by atoms with van der Waals surface area (Å²) >= 11 is 1.89. The molecule has 0 N–H and O–H groups in total. The lowest BCUT2D eigenvalue weighted by molar-refractivity contribution is -0.110. The van der Waals surface area contributed by atoms with Gasteiger partial charge in [-0.2, -0.15) is 0 Å². The molecule has 2 aliphatic rings. The van der Waals surface area contributed by atoms with E-state index in [1.165, 1.54) is 24.9 Å². The molecule has 1 saturated heterocycles. The molecule has 3 atom stereocenters. The topological polar surface area (TPSA) is 17.1 Å². The predicted octanol–water partition coefficient (Wildman–Crippen LogP) is 2.50. The van der Waals surface area contributed by atoms with Crippen molar-refractivity contribution in [2.75, 3.05) is 5.75 Å². The van der Waals surface area contributed by atoms with Gasteiger partial charge in [-0.3, -0.25) is 0 Å². The fourth-order valence-electron chi connectivity index (χ4n) is 2.15. The third kappa shape index (κ3) is 1.54. The number of rotatable bonds is 3. The largest absolute Gasteiger partial charge is 0.302 e. The Morgan fingerprint density at radius 2 is 2.42 bits per heavy atom. The van der Waals surface area contributed by atoms with Gasteiger partial charge >= 0.3 is 0 Å². The predicted molar refractivity (Wildman–Crippen MR) is 52.4 cm³/mol. The fourth-order valence-corrected chi connectivity index (χ4v) is 3.53. The first-order valence-corrected chi connectivity index (χ1v) is 5.85. The van der Waals surface area contributed by atoms with E-state index >= 15 is 0 Å². The quantitative estimate of drug-likeness (QED) is 0.627. The van der Waals surface area contributed by atoms with Crippen LogP contribution < -0.4 is 0 Å². The van der Waals surface area contributed by atoms with Crippen molar-refractivity contribution in [1.82, 2.24) is 0 Å². The van der Waals surface area contributed by atoms with E-state index in [-0.39, 0.29) is 4.75 Å². The van der Waals surface area contributed by atoms with Crippen LogP contribution in [0.3, 0.4) is 0 Å². The molecule has 3 unspecified atom stereocenters. The average molecular weight is 184 g/mol. The van der Waals surface area contributed by atoms with Crippen LogP contribution in [0.5, 0.6) is 0 Å². The third-order valence-electron chi connectivity index (χ3n) is 3.23. The highest BCUT2D eigenvalue weighted by molar-refractivity contribution is 8.01. The van der Waals surface area contributed by atoms with Gasteiger partial charge in [0.25, 0.3) is 0 Å². The minimum absolute atomic E-state index is 0.0371. The van der Waals surface area contributed by atoms with Gasteiger partial charge in [-0.25, -0.2) is 0 Å². The molecule has 0 aromatic heterocycles. The highest BCUT2D eigenvalue weighted by Gasteiger charge is 2.43. The van der Waals surface area contributed by atoms with E-state index in [1.54, 1.807) is 0 Å². The summed E-state index contributed by atoms with van der Waals surface area (Å²) in [6, 6.07) is 0. The number of carbonyl (C=O) groups excluding carboxylic acids is 1. The molecule has 1 heterocycles. The zero-order valence-corrected chi connectivity index (χ0v) is 8.40. The van der Waals surface area contributed by atoms with Gasteiger partial charge < -0.3 is 4.79 Å². The number of hydrogen-bond acceptors (Lipinski definition) is 2. The molecule has 12 heavy (non-hydrogen) atoms. The second-order valence-corrected chi connectivity index (χ2v) is 5.82. The molecule has 0 amide bonds. The van der Waals surface area contributed by atoms with Crippen molar-refractivity contribution in [2.45, 2.75) is 37.4 Å². The van der Waals surface area contributed by atoms with Crippen molar-refractivity contribution < 1.29 is 4.79 Å². The van der Waals surface area contributed by atoms with E-state index in [1.807, 2.05) is 11.8 Å². The minimum atomic E-state index is 0.0371. The Hall–Kier alpha value is 0.0200. The molecular weight excluding hydrogens is 168 g/mol. The number of thioether (sulfide) groups is 1. The summed E-state index contributed by atoms with van der Waals surface area (Å²) in [4.78, 5) is 11.0. The molecule has 0 aromatic rings. The molecule has 0 bridgehead atoms. The van der Waals surface area contributed by atoms with Crippen LogP contribution in [0.2, 0.25) is 0 Å². The number of hydrogen-bond donors (Lipinski definition) is 0. The van der Waals surface area contributed by atoms with Crippen molar-refractivity contribution >= 4 is 18.0 Å². The van der Waals surface area contributed by atoms with Crippen molar-refractivity contribution in [1.29, 1.82) is 0 Å². The van der Waals surface area contributed by atoms with E-state index in [0.717, 1.165) is 24.7 Å². The average Bonchev–Trinajstić information content (AvgIpc) is 2.60. The molecular formula is C10H16OS. The van der Waals surface area contributed by atoms with Crippen LogP contribution in [0.15, 0.2) is 0 Å². The van der Waals surface area contributed by atoms with E-state index in [0.29, 0.717) is 0 Å². The summed E-state index contributed by atoms with van der Waals surface area (Å²) in [5.41, 5.74) is 0. The van der Waals surface area contributed by atoms with Crippen molar-refractivity contribution in [3.63, 3.8) is 0 Å². The molecule has 1 aliphatic carbocycles. The van der Waals surface area contributed by atoms with E-state index in [4.69, 9.17) is 0 Å². The molecule has 2 heteroatoms. The fraction of sp³-hybridized carbons (Fsp3) is 0.900. The molecule has 1 nitrogen and oxygen atoms in total. The number of carbonyl (C=O) groups is 1. The Bertz CT molecular complexity index is 184. The Balaban J connectivity index is 1.93. The summed E-state index contributed by atoms with van der Waals surface area (Å²) in [6.07, 6.45) is 6.10. The lowest BCUT2D eigenvalue weighted by Gasteiger charge is -2.20. The second-order valence-electron chi connectivity index (χ2n) is 4.31. The molecule has 0 aromatic carbocycles. The molecule has 0 spiro atoms. The summed E-state index contributed by atoms with van der Waals surface area (Å²) in [6.45, 7) is 2.29. The third-order valence-corrected chi connectivity index (χ3v) is 4.77. The van der Waals surface area contributed by atoms with Crippen molar-refractivity contribution in [3.05, 3.63) is 0 Å². The van der Waals surface area contributed by atoms with Crippen LogP contribution in [0.4, 0.5) is 0 Å². The standard InChI is InChI=1S/C10H16OS/c1-8-5-9(8)6-10(7-11)3-2-4-12-10/h7-9H,2-6H2,1H3. The highest BCUT2D eigenvalue weighted by Crippen LogP contribution is 2.50. The van der Waals surface area contributed by atoms with Gasteiger partial charge in [0, 0.05) is 0 Å². The summed E-state index contributed by atoms with van der Waals surface area (Å²) < 4.78 is 0.0371. The molecule has 2 rings (SSSR count). The van der Waals surface area contributed by atoms with Crippen LogP contribution in [0, 0.1) is 11.8 Å². The van der Waals surface area contributed by atoms with Crippen LogP contribution in [-0.4, -0.2) is 16.8 Å². The first-order chi connectivity index (χ1) is 5.76. The zero-order chi connectivity index (χ0) is 8.60. The Kier molecular flexibility index (Phi) is 2.19. The monoisotopic (exact) mass is 184 g/mol. The highest BCUT2D eigenvalue weighted by atomic mass is 32.2. The maximum absolute atomic E-state index is 11.0. The van der Waals surface area contributed by atoms with Crippen molar-refractivity contribution in [2.24, 2.45) is 11.8 Å². The molecule has 1 saturated carbocycles. The first-order valence-electron chi connectivity index (χ1n) is 4.86. The van der Waals surface area contributed by atoms with Gasteiger partial charge in [0.05, 0.1) is 4.75 Å². The smallest absolute Gasteiger partial charge is 0.136 e. The SMILES string of the molecule is CC1CC1CC1(C=O)CCCS1. The Morgan fingerprint density at radius 1 is 1.67 bits per heavy atom. The van der Waals surface area contributed by atoms with Gasteiger partial charge in [0.2, 0.25) is 0 Å². The lowest BCUT2D eigenvalue weighted by atomic mass is 9.97. The van der Waals surface area contributed by atoms with Gasteiger partial charge in [-0.05, 0) is 43.3 Å². The van der Waals surface area contributed by atoms with Gasteiger partial charge in [0.1, 0.15) is 6.29 Å². The molecule has 68 valence electrons. The minimum Gasteiger partial charge on any atom is -0.302 e. The van der Waals surface area contributed by atoms with E-state index < -0.39 is 0 Å². The maximum Gasteiger partial charge on any atom is 0.136 e. The van der Waals surface area contributed by atoms with Crippen LogP contribution in [-0.2, 0) is 4.79 Å². The van der Waals surface area contributed by atoms with Crippen LogP contribution >= 0.6 is 11.8 Å². The first kappa shape index (κ1) is 8.61. The zero-order valence-electron chi connectivity index (χ0n) is 7.58. The van der Waals surface area contributed by atoms with Gasteiger partial charge in [0.15, 0.2) is 0 Å². The maximum atomic E-state index is 11.0. The molecule has 1 aliphatic heterocycles. The number of aldehydes is 1. The van der Waals surface area contributed by atoms with E-state index in [9.17, 15) is 4.79 Å². The van der Waals surface area contributed by atoms with Gasteiger partial charge in [-0.15, -0.1) is 11.8 Å². The molecule has 0 radical (unpaired) electrons. The summed E-state index contributed by atoms with van der Waals surface area (Å²) in [5.74, 6) is 2.95. The summed E-state index contributed by atoms with van der Waals surface area (Å²) in [5, 5.41) is 0. The Labute approximate surface area is 78.3 Å². The Morgan fingerprint density at radius 3 is 2.83 bits per heavy atom. The van der Waals surface area contributed by atoms with Crippen molar-refractivity contribution in [3.8, 4) is 0 Å². The second kappa shape index (κ2) is 3.06. The summed E-state index contributed by atoms with van der Waals surface area (Å²) in [7, 11) is 0. The van der Waals surface area contributed by atoms with Gasteiger partial charge in [-0.1, -0.05) is 6.92 Å². The normalized spacial score (nSPS) is 46.1. The molecule has 2 fully saturated rings.